The van der Waals surface area contributed by atoms with Crippen LogP contribution in [-0.4, -0.2) is 5.11 Å². The first kappa shape index (κ1) is 13.6. The van der Waals surface area contributed by atoms with Crippen molar-refractivity contribution in [3.05, 3.63) is 55.7 Å². The fourth-order valence-electron chi connectivity index (χ4n) is 1.73. The van der Waals surface area contributed by atoms with Crippen LogP contribution >= 0.6 is 27.3 Å². The van der Waals surface area contributed by atoms with Crippen molar-refractivity contribution in [2.24, 2.45) is 0 Å². The molecule has 0 radical (unpaired) electrons. The molecular formula is C13H11BrF2OS. The maximum Gasteiger partial charge on any atom is 0.134 e. The van der Waals surface area contributed by atoms with Crippen LogP contribution in [0.15, 0.2) is 28.1 Å². The molecule has 0 bridgehead atoms. The second-order valence-corrected chi connectivity index (χ2v) is 5.86. The van der Waals surface area contributed by atoms with Gasteiger partial charge >= 0.3 is 0 Å². The van der Waals surface area contributed by atoms with E-state index in [1.807, 2.05) is 11.4 Å². The van der Waals surface area contributed by atoms with Crippen LogP contribution in [-0.2, 0) is 6.42 Å². The quantitative estimate of drug-likeness (QED) is 0.884. The standard InChI is InChI=1S/C13H11BrF2OS/c1-7-2-3-9(15)12(13(7)16)10(17)6-11-8(14)4-5-18-11/h2-5,10,17H,6H2,1H3. The summed E-state index contributed by atoms with van der Waals surface area (Å²) in [6.45, 7) is 1.55. The molecule has 1 nitrogen and oxygen atoms in total. The van der Waals surface area contributed by atoms with Gasteiger partial charge in [-0.05, 0) is 45.9 Å². The summed E-state index contributed by atoms with van der Waals surface area (Å²) in [6, 6.07) is 4.39. The molecule has 1 unspecified atom stereocenters. The van der Waals surface area contributed by atoms with Crippen LogP contribution in [0, 0.1) is 18.6 Å². The zero-order valence-corrected chi connectivity index (χ0v) is 12.0. The highest BCUT2D eigenvalue weighted by atomic mass is 79.9. The summed E-state index contributed by atoms with van der Waals surface area (Å²) in [7, 11) is 0. The van der Waals surface area contributed by atoms with Crippen molar-refractivity contribution in [3.63, 3.8) is 0 Å². The molecule has 0 amide bonds. The van der Waals surface area contributed by atoms with Gasteiger partial charge in [-0.1, -0.05) is 6.07 Å². The van der Waals surface area contributed by atoms with Crippen molar-refractivity contribution in [2.75, 3.05) is 0 Å². The van der Waals surface area contributed by atoms with Gasteiger partial charge in [0.25, 0.3) is 0 Å². The summed E-state index contributed by atoms with van der Waals surface area (Å²) in [5, 5.41) is 11.9. The van der Waals surface area contributed by atoms with Gasteiger partial charge in [0, 0.05) is 15.8 Å². The lowest BCUT2D eigenvalue weighted by Gasteiger charge is -2.13. The SMILES string of the molecule is Cc1ccc(F)c(C(O)Cc2sccc2Br)c1F. The first-order chi connectivity index (χ1) is 8.50. The molecule has 1 atom stereocenters. The average molecular weight is 333 g/mol. The van der Waals surface area contributed by atoms with E-state index in [1.54, 1.807) is 6.92 Å². The summed E-state index contributed by atoms with van der Waals surface area (Å²) < 4.78 is 28.3. The molecule has 18 heavy (non-hydrogen) atoms. The van der Waals surface area contributed by atoms with Crippen molar-refractivity contribution in [1.29, 1.82) is 0 Å². The number of rotatable bonds is 3. The Balaban J connectivity index is 2.32. The van der Waals surface area contributed by atoms with Gasteiger partial charge in [-0.15, -0.1) is 11.3 Å². The number of benzene rings is 1. The van der Waals surface area contributed by atoms with E-state index in [-0.39, 0.29) is 12.0 Å². The third-order valence-corrected chi connectivity index (χ3v) is 4.67. The first-order valence-electron chi connectivity index (χ1n) is 5.35. The Kier molecular flexibility index (Phi) is 4.14. The number of aryl methyl sites for hydroxylation is 1. The predicted molar refractivity (Wildman–Crippen MR) is 71.8 cm³/mol. The number of hydrogen-bond acceptors (Lipinski definition) is 2. The fraction of sp³-hybridized carbons (Fsp3) is 0.231. The highest BCUT2D eigenvalue weighted by Crippen LogP contribution is 2.31. The minimum absolute atomic E-state index is 0.190. The molecule has 2 rings (SSSR count). The van der Waals surface area contributed by atoms with Gasteiger partial charge < -0.3 is 5.11 Å². The summed E-state index contributed by atoms with van der Waals surface area (Å²) in [4.78, 5) is 0.864. The highest BCUT2D eigenvalue weighted by Gasteiger charge is 2.21. The minimum atomic E-state index is -1.18. The Hall–Kier alpha value is -0.780. The number of hydrogen-bond donors (Lipinski definition) is 1. The topological polar surface area (TPSA) is 20.2 Å². The van der Waals surface area contributed by atoms with Crippen molar-refractivity contribution in [1.82, 2.24) is 0 Å². The maximum absolute atomic E-state index is 13.8. The molecule has 96 valence electrons. The molecule has 5 heteroatoms. The van der Waals surface area contributed by atoms with E-state index in [4.69, 9.17) is 0 Å². The van der Waals surface area contributed by atoms with Crippen LogP contribution in [0.2, 0.25) is 0 Å². The average Bonchev–Trinajstić information content (AvgIpc) is 2.70. The number of aliphatic hydroxyl groups is 1. The lowest BCUT2D eigenvalue weighted by molar-refractivity contribution is 0.169. The predicted octanol–water partition coefficient (Wildman–Crippen LogP) is 4.37. The summed E-state index contributed by atoms with van der Waals surface area (Å²) in [5.74, 6) is -1.38. The van der Waals surface area contributed by atoms with Crippen molar-refractivity contribution in [3.8, 4) is 0 Å². The molecule has 0 aliphatic heterocycles. The maximum atomic E-state index is 13.8. The van der Waals surface area contributed by atoms with Crippen molar-refractivity contribution < 1.29 is 13.9 Å². The van der Waals surface area contributed by atoms with Crippen LogP contribution in [0.1, 0.15) is 22.1 Å². The Bertz CT molecular complexity index is 568. The third kappa shape index (κ3) is 2.63. The fourth-order valence-corrected chi connectivity index (χ4v) is 3.28. The van der Waals surface area contributed by atoms with Crippen LogP contribution in [0.3, 0.4) is 0 Å². The largest absolute Gasteiger partial charge is 0.388 e. The Labute approximate surface area is 116 Å². The molecule has 0 aliphatic rings. The molecule has 0 fully saturated rings. The van der Waals surface area contributed by atoms with E-state index >= 15 is 0 Å². The number of thiophene rings is 1. The smallest absolute Gasteiger partial charge is 0.134 e. The Morgan fingerprint density at radius 3 is 2.67 bits per heavy atom. The van der Waals surface area contributed by atoms with Gasteiger partial charge in [0.2, 0.25) is 0 Å². The Morgan fingerprint density at radius 1 is 1.33 bits per heavy atom. The van der Waals surface area contributed by atoms with Gasteiger partial charge in [-0.25, -0.2) is 8.78 Å². The second kappa shape index (κ2) is 5.47. The normalized spacial score (nSPS) is 12.7. The Morgan fingerprint density at radius 2 is 2.06 bits per heavy atom. The van der Waals surface area contributed by atoms with Crippen LogP contribution in [0.5, 0.6) is 0 Å². The molecule has 1 heterocycles. The zero-order chi connectivity index (χ0) is 13.3. The molecular weight excluding hydrogens is 322 g/mol. The van der Waals surface area contributed by atoms with Gasteiger partial charge in [0.1, 0.15) is 11.6 Å². The third-order valence-electron chi connectivity index (χ3n) is 2.72. The van der Waals surface area contributed by atoms with Gasteiger partial charge in [0.05, 0.1) is 11.7 Å². The van der Waals surface area contributed by atoms with E-state index in [1.165, 1.54) is 23.5 Å². The minimum Gasteiger partial charge on any atom is -0.388 e. The van der Waals surface area contributed by atoms with E-state index in [9.17, 15) is 13.9 Å². The van der Waals surface area contributed by atoms with E-state index in [2.05, 4.69) is 15.9 Å². The number of halogens is 3. The van der Waals surface area contributed by atoms with Crippen molar-refractivity contribution >= 4 is 27.3 Å². The zero-order valence-electron chi connectivity index (χ0n) is 9.58. The molecule has 2 aromatic rings. The van der Waals surface area contributed by atoms with Gasteiger partial charge in [-0.2, -0.15) is 0 Å². The molecule has 1 aromatic carbocycles. The van der Waals surface area contributed by atoms with E-state index in [0.717, 1.165) is 9.35 Å². The molecule has 0 saturated carbocycles. The molecule has 0 saturated heterocycles. The number of aliphatic hydroxyl groups excluding tert-OH is 1. The van der Waals surface area contributed by atoms with Crippen LogP contribution < -0.4 is 0 Å². The first-order valence-corrected chi connectivity index (χ1v) is 7.02. The molecule has 0 aliphatic carbocycles. The monoisotopic (exact) mass is 332 g/mol. The van der Waals surface area contributed by atoms with Crippen LogP contribution in [0.25, 0.3) is 0 Å². The van der Waals surface area contributed by atoms with E-state index in [0.29, 0.717) is 5.56 Å². The highest BCUT2D eigenvalue weighted by molar-refractivity contribution is 9.10. The van der Waals surface area contributed by atoms with Crippen molar-refractivity contribution in [2.45, 2.75) is 19.4 Å². The lowest BCUT2D eigenvalue weighted by atomic mass is 10.0. The molecule has 0 spiro atoms. The van der Waals surface area contributed by atoms with E-state index < -0.39 is 17.7 Å². The van der Waals surface area contributed by atoms with Gasteiger partial charge in [-0.3, -0.25) is 0 Å². The lowest BCUT2D eigenvalue weighted by Crippen LogP contribution is -2.08. The summed E-state index contributed by atoms with van der Waals surface area (Å²) in [6.07, 6.45) is -0.991. The van der Waals surface area contributed by atoms with Gasteiger partial charge in [0.15, 0.2) is 0 Å². The summed E-state index contributed by atoms with van der Waals surface area (Å²) in [5.41, 5.74) is 0.0750. The molecule has 1 N–H and O–H groups in total. The second-order valence-electron chi connectivity index (χ2n) is 4.00. The summed E-state index contributed by atoms with van der Waals surface area (Å²) >= 11 is 4.77. The van der Waals surface area contributed by atoms with Crippen LogP contribution in [0.4, 0.5) is 8.78 Å². The molecule has 1 aromatic heterocycles.